The Balaban J connectivity index is 1.62. The number of cyclic esters (lactones) is 1. The summed E-state index contributed by atoms with van der Waals surface area (Å²) in [5.41, 5.74) is 0. The molecular weight excluding hydrogens is 344 g/mol. The van der Waals surface area contributed by atoms with Crippen LogP contribution in [0.4, 0.5) is 0 Å². The SMILES string of the molecule is CCCCCCCCCCCCCCCCCCCCCCCC1COC1=O. The molecule has 1 fully saturated rings. The molecule has 2 nitrogen and oxygen atoms in total. The second-order valence-electron chi connectivity index (χ2n) is 9.19. The molecule has 1 aliphatic heterocycles. The van der Waals surface area contributed by atoms with Crippen molar-refractivity contribution in [1.82, 2.24) is 0 Å². The van der Waals surface area contributed by atoms with Gasteiger partial charge in [0.1, 0.15) is 6.61 Å². The third-order valence-corrected chi connectivity index (χ3v) is 6.42. The van der Waals surface area contributed by atoms with Gasteiger partial charge in [-0.1, -0.05) is 142 Å². The number of unbranched alkanes of at least 4 members (excludes halogenated alkanes) is 20. The highest BCUT2D eigenvalue weighted by Crippen LogP contribution is 2.20. The van der Waals surface area contributed by atoms with Gasteiger partial charge < -0.3 is 4.74 Å². The summed E-state index contributed by atoms with van der Waals surface area (Å²) >= 11 is 0. The lowest BCUT2D eigenvalue weighted by Crippen LogP contribution is -2.34. The number of hydrogen-bond acceptors (Lipinski definition) is 2. The third kappa shape index (κ3) is 15.4. The highest BCUT2D eigenvalue weighted by molar-refractivity contribution is 5.77. The fraction of sp³-hybridized carbons (Fsp3) is 0.962. The molecule has 1 atom stereocenters. The van der Waals surface area contributed by atoms with Crippen LogP contribution in [0.3, 0.4) is 0 Å². The average Bonchev–Trinajstić information content (AvgIpc) is 2.70. The molecule has 0 spiro atoms. The smallest absolute Gasteiger partial charge is 0.312 e. The molecule has 1 aliphatic rings. The summed E-state index contributed by atoms with van der Waals surface area (Å²) < 4.78 is 4.80. The molecule has 0 N–H and O–H groups in total. The van der Waals surface area contributed by atoms with Crippen LogP contribution in [-0.2, 0) is 9.53 Å². The van der Waals surface area contributed by atoms with Crippen LogP contribution < -0.4 is 0 Å². The van der Waals surface area contributed by atoms with E-state index in [1.165, 1.54) is 135 Å². The van der Waals surface area contributed by atoms with Crippen molar-refractivity contribution >= 4 is 5.97 Å². The fourth-order valence-corrected chi connectivity index (χ4v) is 4.29. The second-order valence-corrected chi connectivity index (χ2v) is 9.19. The lowest BCUT2D eigenvalue weighted by Gasteiger charge is -2.24. The molecule has 166 valence electrons. The molecular formula is C26H50O2. The van der Waals surface area contributed by atoms with Crippen molar-refractivity contribution < 1.29 is 9.53 Å². The second kappa shape index (κ2) is 19.8. The molecule has 0 aromatic carbocycles. The molecule has 1 heterocycles. The number of hydrogen-bond donors (Lipinski definition) is 0. The minimum absolute atomic E-state index is 0.0353. The van der Waals surface area contributed by atoms with E-state index in [0.717, 1.165) is 6.42 Å². The highest BCUT2D eigenvalue weighted by atomic mass is 16.6. The van der Waals surface area contributed by atoms with Crippen molar-refractivity contribution in [2.45, 2.75) is 148 Å². The van der Waals surface area contributed by atoms with Gasteiger partial charge in [0.2, 0.25) is 0 Å². The Hall–Kier alpha value is -0.530. The number of rotatable bonds is 22. The van der Waals surface area contributed by atoms with Crippen LogP contribution in [0.25, 0.3) is 0 Å². The first-order valence-electron chi connectivity index (χ1n) is 13.0. The predicted molar refractivity (Wildman–Crippen MR) is 122 cm³/mol. The number of carbonyl (C=O) groups excluding carboxylic acids is 1. The number of ether oxygens (including phenoxy) is 1. The summed E-state index contributed by atoms with van der Waals surface area (Å²) in [6.45, 7) is 2.97. The van der Waals surface area contributed by atoms with Crippen molar-refractivity contribution in [2.75, 3.05) is 6.61 Å². The van der Waals surface area contributed by atoms with Gasteiger partial charge in [-0.2, -0.15) is 0 Å². The molecule has 2 heteroatoms. The summed E-state index contributed by atoms with van der Waals surface area (Å²) in [5, 5.41) is 0. The summed E-state index contributed by atoms with van der Waals surface area (Å²) in [6, 6.07) is 0. The molecule has 0 aliphatic carbocycles. The van der Waals surface area contributed by atoms with Gasteiger partial charge in [0.05, 0.1) is 5.92 Å². The Morgan fingerprint density at radius 2 is 0.893 bits per heavy atom. The molecule has 0 aromatic heterocycles. The zero-order valence-corrected chi connectivity index (χ0v) is 19.2. The third-order valence-electron chi connectivity index (χ3n) is 6.42. The zero-order chi connectivity index (χ0) is 20.1. The van der Waals surface area contributed by atoms with Gasteiger partial charge >= 0.3 is 5.97 Å². The van der Waals surface area contributed by atoms with Crippen LogP contribution in [-0.4, -0.2) is 12.6 Å². The monoisotopic (exact) mass is 394 g/mol. The Kier molecular flexibility index (Phi) is 18.0. The van der Waals surface area contributed by atoms with Gasteiger partial charge in [0.15, 0.2) is 0 Å². The number of carbonyl (C=O) groups is 1. The minimum atomic E-state index is 0.0353. The van der Waals surface area contributed by atoms with Crippen LogP contribution in [0, 0.1) is 5.92 Å². The van der Waals surface area contributed by atoms with Gasteiger partial charge in [0.25, 0.3) is 0 Å². The standard InChI is InChI=1S/C26H50O2/c1-2-3-4-5-6-7-8-9-10-11-12-13-14-15-16-17-18-19-20-21-22-23-25-24-28-26(25)27/h25H,2-24H2,1H3. The van der Waals surface area contributed by atoms with Gasteiger partial charge in [-0.25, -0.2) is 0 Å². The molecule has 0 saturated carbocycles. The van der Waals surface area contributed by atoms with Crippen molar-refractivity contribution in [1.29, 1.82) is 0 Å². The highest BCUT2D eigenvalue weighted by Gasteiger charge is 2.29. The van der Waals surface area contributed by atoms with Crippen molar-refractivity contribution in [3.63, 3.8) is 0 Å². The first-order valence-corrected chi connectivity index (χ1v) is 13.0. The zero-order valence-electron chi connectivity index (χ0n) is 19.2. The van der Waals surface area contributed by atoms with E-state index >= 15 is 0 Å². The molecule has 0 amide bonds. The van der Waals surface area contributed by atoms with E-state index < -0.39 is 0 Å². The molecule has 1 saturated heterocycles. The predicted octanol–water partition coefficient (Wildman–Crippen LogP) is 8.76. The van der Waals surface area contributed by atoms with E-state index in [1.54, 1.807) is 0 Å². The van der Waals surface area contributed by atoms with E-state index in [0.29, 0.717) is 6.61 Å². The van der Waals surface area contributed by atoms with Crippen molar-refractivity contribution in [3.8, 4) is 0 Å². The van der Waals surface area contributed by atoms with Crippen LogP contribution in [0.15, 0.2) is 0 Å². The van der Waals surface area contributed by atoms with E-state index in [2.05, 4.69) is 6.92 Å². The van der Waals surface area contributed by atoms with Gasteiger partial charge in [-0.05, 0) is 6.42 Å². The van der Waals surface area contributed by atoms with Gasteiger partial charge in [-0.3, -0.25) is 4.79 Å². The summed E-state index contributed by atoms with van der Waals surface area (Å²) in [7, 11) is 0. The van der Waals surface area contributed by atoms with E-state index in [1.807, 2.05) is 0 Å². The molecule has 0 aromatic rings. The summed E-state index contributed by atoms with van der Waals surface area (Å²) in [6.07, 6.45) is 30.9. The number of esters is 1. The molecule has 0 bridgehead atoms. The van der Waals surface area contributed by atoms with E-state index in [4.69, 9.17) is 4.74 Å². The van der Waals surface area contributed by atoms with Crippen LogP contribution >= 0.6 is 0 Å². The Morgan fingerprint density at radius 1 is 0.571 bits per heavy atom. The quantitative estimate of drug-likeness (QED) is 0.135. The van der Waals surface area contributed by atoms with E-state index in [-0.39, 0.29) is 11.9 Å². The average molecular weight is 395 g/mol. The Morgan fingerprint density at radius 3 is 1.14 bits per heavy atom. The Labute approximate surface area is 176 Å². The maximum atomic E-state index is 11.0. The molecule has 1 rings (SSSR count). The van der Waals surface area contributed by atoms with Crippen LogP contribution in [0.2, 0.25) is 0 Å². The van der Waals surface area contributed by atoms with Gasteiger partial charge in [0, 0.05) is 0 Å². The van der Waals surface area contributed by atoms with Crippen LogP contribution in [0.5, 0.6) is 0 Å². The minimum Gasteiger partial charge on any atom is -0.464 e. The summed E-state index contributed by atoms with van der Waals surface area (Å²) in [4.78, 5) is 11.0. The molecule has 28 heavy (non-hydrogen) atoms. The normalized spacial score (nSPS) is 16.2. The summed E-state index contributed by atoms with van der Waals surface area (Å²) in [5.74, 6) is 0.272. The largest absolute Gasteiger partial charge is 0.464 e. The van der Waals surface area contributed by atoms with Gasteiger partial charge in [-0.15, -0.1) is 0 Å². The lowest BCUT2D eigenvalue weighted by molar-refractivity contribution is -0.169. The first kappa shape index (κ1) is 25.5. The van der Waals surface area contributed by atoms with Crippen molar-refractivity contribution in [3.05, 3.63) is 0 Å². The maximum absolute atomic E-state index is 11.0. The van der Waals surface area contributed by atoms with Crippen molar-refractivity contribution in [2.24, 2.45) is 5.92 Å². The topological polar surface area (TPSA) is 26.3 Å². The maximum Gasteiger partial charge on any atom is 0.312 e. The lowest BCUT2D eigenvalue weighted by atomic mass is 9.98. The molecule has 0 radical (unpaired) electrons. The van der Waals surface area contributed by atoms with E-state index in [9.17, 15) is 4.79 Å². The first-order chi connectivity index (χ1) is 13.8. The fourth-order valence-electron chi connectivity index (χ4n) is 4.29. The van der Waals surface area contributed by atoms with Crippen LogP contribution in [0.1, 0.15) is 148 Å². The molecule has 1 unspecified atom stereocenters. The Bertz CT molecular complexity index is 339.